The van der Waals surface area contributed by atoms with Crippen LogP contribution in [0.4, 0.5) is 0 Å². The van der Waals surface area contributed by atoms with Crippen LogP contribution in [-0.2, 0) is 25.8 Å². The molecule has 0 saturated carbocycles. The van der Waals surface area contributed by atoms with Gasteiger partial charge in [-0.25, -0.2) is 0 Å². The molecule has 6 aromatic rings. The van der Waals surface area contributed by atoms with Crippen molar-refractivity contribution in [2.75, 3.05) is 0 Å². The van der Waals surface area contributed by atoms with Gasteiger partial charge in [0.15, 0.2) is 0 Å². The molecule has 0 heterocycles. The average Bonchev–Trinajstić information content (AvgIpc) is 3.65. The molecule has 2 heteroatoms. The normalized spacial score (nSPS) is 11.3. The standard InChI is InChI=1S/C44H50Si.2CH3.Hf/c1-7-9-11-19-45(20-12-10-8-2,39-27-35-15-13-17-41(43(35)29-39)37-23-31(3)21-32(4)24-37)40-28-36-16-14-18-42(44(36)30-40)38-25-33(5)22-34(6)26-38;;;/h13-18,21-30H,7-12,19-20H2,1-6H3;2*1H3;/q-2;2*-1;+4. The van der Waals surface area contributed by atoms with Gasteiger partial charge in [-0.1, -0.05) is 146 Å². The van der Waals surface area contributed by atoms with Gasteiger partial charge >= 0.3 is 25.8 Å². The molecule has 0 atom stereocenters. The Morgan fingerprint density at radius 2 is 0.875 bits per heavy atom. The quantitative estimate of drug-likeness (QED) is 0.0656. The van der Waals surface area contributed by atoms with Crippen molar-refractivity contribution >= 4 is 40.0 Å². The molecule has 0 aliphatic carbocycles. The van der Waals surface area contributed by atoms with Crippen LogP contribution in [0.2, 0.25) is 12.1 Å². The molecular formula is C46H56HfSi. The Bertz CT molecular complexity index is 1750. The summed E-state index contributed by atoms with van der Waals surface area (Å²) in [4.78, 5) is 0. The van der Waals surface area contributed by atoms with Crippen molar-refractivity contribution < 1.29 is 25.8 Å². The minimum atomic E-state index is -2.08. The van der Waals surface area contributed by atoms with Gasteiger partial charge in [0.1, 0.15) is 0 Å². The summed E-state index contributed by atoms with van der Waals surface area (Å²) in [5, 5.41) is 8.93. The molecule has 0 N–H and O–H groups in total. The van der Waals surface area contributed by atoms with E-state index in [0.717, 1.165) is 0 Å². The summed E-state index contributed by atoms with van der Waals surface area (Å²) in [6, 6.07) is 41.1. The summed E-state index contributed by atoms with van der Waals surface area (Å²) < 4.78 is 0. The van der Waals surface area contributed by atoms with Crippen LogP contribution in [-0.4, -0.2) is 8.07 Å². The van der Waals surface area contributed by atoms with Crippen molar-refractivity contribution in [1.29, 1.82) is 0 Å². The second kappa shape index (κ2) is 17.2. The summed E-state index contributed by atoms with van der Waals surface area (Å²) in [6.45, 7) is 13.6. The molecule has 6 rings (SSSR count). The molecule has 0 aromatic heterocycles. The van der Waals surface area contributed by atoms with E-state index in [1.165, 1.54) is 117 Å². The maximum atomic E-state index is 2.63. The number of hydrogen-bond donors (Lipinski definition) is 0. The molecule has 0 aliphatic rings. The van der Waals surface area contributed by atoms with Crippen molar-refractivity contribution in [3.8, 4) is 22.3 Å². The molecular weight excluding hydrogens is 759 g/mol. The molecule has 0 spiro atoms. The van der Waals surface area contributed by atoms with E-state index in [1.807, 2.05) is 0 Å². The Morgan fingerprint density at radius 3 is 1.23 bits per heavy atom. The van der Waals surface area contributed by atoms with E-state index in [9.17, 15) is 0 Å². The summed E-state index contributed by atoms with van der Waals surface area (Å²) in [7, 11) is -2.08. The zero-order chi connectivity index (χ0) is 31.6. The van der Waals surface area contributed by atoms with Crippen LogP contribution in [0.3, 0.4) is 0 Å². The second-order valence-corrected chi connectivity index (χ2v) is 18.2. The van der Waals surface area contributed by atoms with E-state index in [4.69, 9.17) is 0 Å². The minimum absolute atomic E-state index is 0. The van der Waals surface area contributed by atoms with Crippen LogP contribution >= 0.6 is 0 Å². The first kappa shape index (κ1) is 39.6. The first-order chi connectivity index (χ1) is 21.8. The van der Waals surface area contributed by atoms with Crippen LogP contribution in [0.5, 0.6) is 0 Å². The number of aryl methyl sites for hydroxylation is 4. The van der Waals surface area contributed by atoms with Crippen LogP contribution in [0.25, 0.3) is 43.8 Å². The largest absolute Gasteiger partial charge is 4.00 e. The molecule has 0 amide bonds. The Balaban J connectivity index is 0.00000208. The predicted octanol–water partition coefficient (Wildman–Crippen LogP) is 12.8. The van der Waals surface area contributed by atoms with Gasteiger partial charge < -0.3 is 14.9 Å². The molecule has 48 heavy (non-hydrogen) atoms. The fourth-order valence-corrected chi connectivity index (χ4v) is 13.2. The zero-order valence-corrected chi connectivity index (χ0v) is 35.5. The SMILES string of the molecule is CCCCC[Si](CCCCC)(c1cc2c(-c3cc(C)cc(C)c3)cccc2[cH-]1)c1cc2c(-c3cc(C)cc(C)c3)cccc2[cH-]1.[CH3-].[CH3-].[Hf+4]. The number of fused-ring (bicyclic) bond motifs is 2. The average molecular weight is 816 g/mol. The van der Waals surface area contributed by atoms with E-state index in [1.54, 1.807) is 10.4 Å². The van der Waals surface area contributed by atoms with Crippen LogP contribution in [0, 0.1) is 42.5 Å². The third-order valence-corrected chi connectivity index (χ3v) is 15.3. The van der Waals surface area contributed by atoms with Gasteiger partial charge in [0, 0.05) is 0 Å². The van der Waals surface area contributed by atoms with Gasteiger partial charge in [-0.3, -0.25) is 0 Å². The molecule has 0 nitrogen and oxygen atoms in total. The van der Waals surface area contributed by atoms with Gasteiger partial charge in [0.05, 0.1) is 8.07 Å². The number of rotatable bonds is 12. The van der Waals surface area contributed by atoms with Gasteiger partial charge in [-0.2, -0.15) is 12.1 Å². The predicted molar refractivity (Wildman–Crippen MR) is 215 cm³/mol. The Kier molecular flexibility index (Phi) is 14.2. The summed E-state index contributed by atoms with van der Waals surface area (Å²) >= 11 is 0. The van der Waals surface area contributed by atoms with Crippen molar-refractivity contribution in [1.82, 2.24) is 0 Å². The fourth-order valence-electron chi connectivity index (χ4n) is 8.01. The van der Waals surface area contributed by atoms with Crippen molar-refractivity contribution in [3.05, 3.63) is 134 Å². The van der Waals surface area contributed by atoms with Crippen molar-refractivity contribution in [2.24, 2.45) is 0 Å². The molecule has 0 unspecified atom stereocenters. The Labute approximate surface area is 312 Å². The van der Waals surface area contributed by atoms with Gasteiger partial charge in [0.2, 0.25) is 0 Å². The topological polar surface area (TPSA) is 0 Å². The first-order valence-corrected chi connectivity index (χ1v) is 19.8. The van der Waals surface area contributed by atoms with Crippen molar-refractivity contribution in [3.63, 3.8) is 0 Å². The molecule has 0 saturated heterocycles. The monoisotopic (exact) mass is 816 g/mol. The van der Waals surface area contributed by atoms with E-state index < -0.39 is 8.07 Å². The Morgan fingerprint density at radius 1 is 0.500 bits per heavy atom. The second-order valence-electron chi connectivity index (χ2n) is 13.9. The zero-order valence-electron chi connectivity index (χ0n) is 30.9. The van der Waals surface area contributed by atoms with Crippen LogP contribution in [0.15, 0.2) is 97.1 Å². The maximum absolute atomic E-state index is 2.63. The summed E-state index contributed by atoms with van der Waals surface area (Å²) in [5.74, 6) is 0. The van der Waals surface area contributed by atoms with Crippen molar-refractivity contribution in [2.45, 2.75) is 92.2 Å². The van der Waals surface area contributed by atoms with Gasteiger partial charge in [0.25, 0.3) is 0 Å². The molecule has 0 radical (unpaired) electrons. The smallest absolute Gasteiger partial charge is 0.358 e. The van der Waals surface area contributed by atoms with E-state index in [-0.39, 0.29) is 40.7 Å². The van der Waals surface area contributed by atoms with Gasteiger partial charge in [-0.05, 0) is 38.8 Å². The summed E-state index contributed by atoms with van der Waals surface area (Å²) in [5.41, 5.74) is 10.8. The van der Waals surface area contributed by atoms with Crippen LogP contribution in [0.1, 0.15) is 74.6 Å². The van der Waals surface area contributed by atoms with E-state index in [0.29, 0.717) is 0 Å². The van der Waals surface area contributed by atoms with Gasteiger partial charge in [-0.15, -0.1) is 68.3 Å². The summed E-state index contributed by atoms with van der Waals surface area (Å²) in [6.07, 6.45) is 7.77. The number of hydrogen-bond acceptors (Lipinski definition) is 0. The van der Waals surface area contributed by atoms with E-state index in [2.05, 4.69) is 139 Å². The maximum Gasteiger partial charge on any atom is 4.00 e. The minimum Gasteiger partial charge on any atom is -0.358 e. The fraction of sp³-hybridized carbons (Fsp3) is 0.304. The van der Waals surface area contributed by atoms with Crippen LogP contribution < -0.4 is 10.4 Å². The molecule has 0 bridgehead atoms. The Hall–Kier alpha value is -2.81. The third kappa shape index (κ3) is 8.14. The van der Waals surface area contributed by atoms with E-state index >= 15 is 0 Å². The molecule has 248 valence electrons. The number of benzene rings is 4. The molecule has 6 aromatic carbocycles. The molecule has 0 aliphatic heterocycles. The first-order valence-electron chi connectivity index (χ1n) is 17.4. The molecule has 0 fully saturated rings. The third-order valence-electron chi connectivity index (χ3n) is 10.1. The number of unbranched alkanes of at least 4 members (excludes halogenated alkanes) is 4.